The Morgan fingerprint density at radius 3 is 2.81 bits per heavy atom. The number of para-hydroxylation sites is 1. The molecule has 0 unspecified atom stereocenters. The van der Waals surface area contributed by atoms with E-state index in [9.17, 15) is 4.79 Å². The van der Waals surface area contributed by atoms with Crippen LogP contribution in [0.2, 0.25) is 0 Å². The maximum absolute atomic E-state index is 11.2. The molecule has 2 rings (SSSR count). The first kappa shape index (κ1) is 14.9. The second-order valence-corrected chi connectivity index (χ2v) is 4.11. The molecule has 0 spiro atoms. The smallest absolute Gasteiger partial charge is 0.287 e. The minimum Gasteiger partial charge on any atom is -0.491 e. The molecule has 8 heteroatoms. The fourth-order valence-corrected chi connectivity index (χ4v) is 1.58. The molecule has 21 heavy (non-hydrogen) atoms. The van der Waals surface area contributed by atoms with E-state index < -0.39 is 5.91 Å². The average Bonchev–Trinajstić information content (AvgIpc) is 3.00. The molecule has 0 aliphatic carbocycles. The molecule has 3 N–H and O–H groups in total. The lowest BCUT2D eigenvalue weighted by Gasteiger charge is -2.06. The van der Waals surface area contributed by atoms with Crippen molar-refractivity contribution in [3.8, 4) is 5.75 Å². The number of hydrazine groups is 1. The molecule has 0 atom stereocenters. The maximum Gasteiger partial charge on any atom is 0.287 e. The van der Waals surface area contributed by atoms with Gasteiger partial charge in [0.2, 0.25) is 0 Å². The molecule has 0 saturated carbocycles. The number of benzene rings is 1. The van der Waals surface area contributed by atoms with E-state index in [0.29, 0.717) is 26.4 Å². The van der Waals surface area contributed by atoms with Crippen molar-refractivity contribution in [1.82, 2.24) is 20.4 Å². The molecular formula is C13H17N5O3. The van der Waals surface area contributed by atoms with Gasteiger partial charge < -0.3 is 9.47 Å². The Bertz CT molecular complexity index is 558. The number of nitrogens with one attached hydrogen (secondary N) is 1. The Morgan fingerprint density at radius 1 is 1.24 bits per heavy atom. The van der Waals surface area contributed by atoms with Crippen LogP contribution in [0.15, 0.2) is 36.5 Å². The fourth-order valence-electron chi connectivity index (χ4n) is 1.58. The second-order valence-electron chi connectivity index (χ2n) is 4.11. The lowest BCUT2D eigenvalue weighted by molar-refractivity contribution is 0.0922. The van der Waals surface area contributed by atoms with Gasteiger partial charge in [-0.3, -0.25) is 10.2 Å². The van der Waals surface area contributed by atoms with Gasteiger partial charge in [-0.2, -0.15) is 0 Å². The number of hydrogen-bond acceptors (Lipinski definition) is 6. The predicted octanol–water partition coefficient (Wildman–Crippen LogP) is -0.0228. The first-order valence-corrected chi connectivity index (χ1v) is 6.46. The number of rotatable bonds is 8. The van der Waals surface area contributed by atoms with E-state index in [4.69, 9.17) is 15.3 Å². The summed E-state index contributed by atoms with van der Waals surface area (Å²) in [6.45, 7) is 1.89. The van der Waals surface area contributed by atoms with Gasteiger partial charge in [-0.25, -0.2) is 10.5 Å². The Kier molecular flexibility index (Phi) is 5.68. The Balaban J connectivity index is 1.59. The number of hydrogen-bond donors (Lipinski definition) is 2. The van der Waals surface area contributed by atoms with Gasteiger partial charge in [0.25, 0.3) is 5.91 Å². The van der Waals surface area contributed by atoms with Crippen LogP contribution in [-0.2, 0) is 11.3 Å². The van der Waals surface area contributed by atoms with Gasteiger partial charge in [0, 0.05) is 0 Å². The quantitative estimate of drug-likeness (QED) is 0.306. The summed E-state index contributed by atoms with van der Waals surface area (Å²) in [5, 5.41) is 7.47. The molecule has 0 saturated heterocycles. The fraction of sp³-hybridized carbons (Fsp3) is 0.308. The lowest BCUT2D eigenvalue weighted by atomic mass is 10.3. The average molecular weight is 291 g/mol. The highest BCUT2D eigenvalue weighted by molar-refractivity contribution is 5.91. The van der Waals surface area contributed by atoms with Crippen LogP contribution in [-0.4, -0.2) is 40.7 Å². The van der Waals surface area contributed by atoms with Crippen LogP contribution in [0, 0.1) is 0 Å². The Hall–Kier alpha value is -2.45. The number of aromatic nitrogens is 3. The largest absolute Gasteiger partial charge is 0.491 e. The van der Waals surface area contributed by atoms with E-state index in [2.05, 4.69) is 10.3 Å². The third kappa shape index (κ3) is 4.86. The van der Waals surface area contributed by atoms with Gasteiger partial charge in [0.1, 0.15) is 12.4 Å². The SMILES string of the molecule is NNC(=O)c1cn(CCOCCOc2ccccc2)nn1. The summed E-state index contributed by atoms with van der Waals surface area (Å²) in [6.07, 6.45) is 1.51. The third-order valence-corrected chi connectivity index (χ3v) is 2.61. The Morgan fingerprint density at radius 2 is 2.05 bits per heavy atom. The number of nitrogens with two attached hydrogens (primary N) is 1. The van der Waals surface area contributed by atoms with Crippen LogP contribution in [0.25, 0.3) is 0 Å². The minimum absolute atomic E-state index is 0.171. The van der Waals surface area contributed by atoms with E-state index in [-0.39, 0.29) is 5.69 Å². The highest BCUT2D eigenvalue weighted by Gasteiger charge is 2.08. The number of nitrogen functional groups attached to an aromatic ring is 1. The normalized spacial score (nSPS) is 10.3. The summed E-state index contributed by atoms with van der Waals surface area (Å²) in [6, 6.07) is 9.53. The summed E-state index contributed by atoms with van der Waals surface area (Å²) in [5.41, 5.74) is 2.16. The maximum atomic E-state index is 11.2. The lowest BCUT2D eigenvalue weighted by Crippen LogP contribution is -2.30. The van der Waals surface area contributed by atoms with E-state index in [1.807, 2.05) is 35.8 Å². The van der Waals surface area contributed by atoms with E-state index >= 15 is 0 Å². The van der Waals surface area contributed by atoms with Gasteiger partial charge in [-0.1, -0.05) is 23.4 Å². The number of carbonyl (C=O) groups excluding carboxylic acids is 1. The Labute approximate surface area is 121 Å². The summed E-state index contributed by atoms with van der Waals surface area (Å²) >= 11 is 0. The number of nitrogens with zero attached hydrogens (tertiary/aromatic N) is 3. The highest BCUT2D eigenvalue weighted by Crippen LogP contribution is 2.07. The molecule has 8 nitrogen and oxygen atoms in total. The topological polar surface area (TPSA) is 104 Å². The van der Waals surface area contributed by atoms with E-state index in [1.165, 1.54) is 10.9 Å². The molecule has 1 aromatic heterocycles. The van der Waals surface area contributed by atoms with Gasteiger partial charge in [0.15, 0.2) is 5.69 Å². The van der Waals surface area contributed by atoms with E-state index in [1.54, 1.807) is 0 Å². The van der Waals surface area contributed by atoms with E-state index in [0.717, 1.165) is 5.75 Å². The molecule has 0 fully saturated rings. The van der Waals surface area contributed by atoms with Crippen molar-refractivity contribution in [1.29, 1.82) is 0 Å². The van der Waals surface area contributed by atoms with Gasteiger partial charge in [-0.15, -0.1) is 5.10 Å². The van der Waals surface area contributed by atoms with Crippen molar-refractivity contribution >= 4 is 5.91 Å². The van der Waals surface area contributed by atoms with Crippen molar-refractivity contribution in [3.63, 3.8) is 0 Å². The molecule has 0 aliphatic rings. The van der Waals surface area contributed by atoms with Crippen molar-refractivity contribution in [2.75, 3.05) is 19.8 Å². The number of carbonyl (C=O) groups is 1. The second kappa shape index (κ2) is 7.98. The molecule has 0 radical (unpaired) electrons. The third-order valence-electron chi connectivity index (χ3n) is 2.61. The first-order valence-electron chi connectivity index (χ1n) is 6.46. The first-order chi connectivity index (χ1) is 10.3. The van der Waals surface area contributed by atoms with Crippen molar-refractivity contribution in [3.05, 3.63) is 42.2 Å². The molecule has 0 aliphatic heterocycles. The molecule has 1 amide bonds. The van der Waals surface area contributed by atoms with Crippen LogP contribution >= 0.6 is 0 Å². The molecule has 1 heterocycles. The highest BCUT2D eigenvalue weighted by atomic mass is 16.5. The van der Waals surface area contributed by atoms with Gasteiger partial charge in [-0.05, 0) is 12.1 Å². The standard InChI is InChI=1S/C13H17N5O3/c14-15-13(19)12-10-18(17-16-12)6-7-20-8-9-21-11-4-2-1-3-5-11/h1-5,10H,6-9,14H2,(H,15,19). The summed E-state index contributed by atoms with van der Waals surface area (Å²) in [7, 11) is 0. The van der Waals surface area contributed by atoms with Crippen LogP contribution in [0.3, 0.4) is 0 Å². The van der Waals surface area contributed by atoms with Crippen LogP contribution in [0.4, 0.5) is 0 Å². The zero-order valence-corrected chi connectivity index (χ0v) is 11.4. The van der Waals surface area contributed by atoms with Crippen LogP contribution < -0.4 is 16.0 Å². The predicted molar refractivity (Wildman–Crippen MR) is 74.4 cm³/mol. The zero-order valence-electron chi connectivity index (χ0n) is 11.4. The minimum atomic E-state index is -0.474. The molecule has 0 bridgehead atoms. The zero-order chi connectivity index (χ0) is 14.9. The monoisotopic (exact) mass is 291 g/mol. The van der Waals surface area contributed by atoms with Gasteiger partial charge in [0.05, 0.1) is 26.0 Å². The molecular weight excluding hydrogens is 274 g/mol. The summed E-state index contributed by atoms with van der Waals surface area (Å²) < 4.78 is 12.4. The number of amides is 1. The van der Waals surface area contributed by atoms with Crippen LogP contribution in [0.1, 0.15) is 10.5 Å². The van der Waals surface area contributed by atoms with Crippen molar-refractivity contribution in [2.45, 2.75) is 6.54 Å². The summed E-state index contributed by atoms with van der Waals surface area (Å²) in [5.74, 6) is 5.34. The molecule has 112 valence electrons. The van der Waals surface area contributed by atoms with Crippen LogP contribution in [0.5, 0.6) is 5.75 Å². The van der Waals surface area contributed by atoms with Gasteiger partial charge >= 0.3 is 0 Å². The number of ether oxygens (including phenoxy) is 2. The molecule has 1 aromatic carbocycles. The summed E-state index contributed by atoms with van der Waals surface area (Å²) in [4.78, 5) is 11.2. The van der Waals surface area contributed by atoms with Crippen molar-refractivity contribution in [2.24, 2.45) is 5.84 Å². The molecule has 2 aromatic rings. The van der Waals surface area contributed by atoms with Crippen molar-refractivity contribution < 1.29 is 14.3 Å².